The average Bonchev–Trinajstić information content (AvgIpc) is 3.37. The molecule has 412 valence electrons. The van der Waals surface area contributed by atoms with E-state index >= 15 is 0 Å². The number of allylic oxidation sites excluding steroid dienone is 10. The molecule has 0 spiro atoms. The van der Waals surface area contributed by atoms with Gasteiger partial charge in [-0.15, -0.1) is 0 Å². The summed E-state index contributed by atoms with van der Waals surface area (Å²) in [5, 5.41) is 0. The third kappa shape index (κ3) is 57.9. The number of ether oxygens (including phenoxy) is 3. The van der Waals surface area contributed by atoms with Gasteiger partial charge in [0.2, 0.25) is 0 Å². The van der Waals surface area contributed by atoms with E-state index in [1.165, 1.54) is 186 Å². The fraction of sp³-hybridized carbons (Fsp3) is 0.800. The number of hydrogen-bond donors (Lipinski definition) is 0. The maximum atomic E-state index is 12.8. The van der Waals surface area contributed by atoms with Gasteiger partial charge in [-0.3, -0.25) is 14.4 Å². The molecule has 0 saturated carbocycles. The van der Waals surface area contributed by atoms with Crippen molar-refractivity contribution in [1.82, 2.24) is 0 Å². The number of carbonyl (C=O) groups is 3. The second kappa shape index (κ2) is 59.7. The van der Waals surface area contributed by atoms with Gasteiger partial charge in [-0.25, -0.2) is 0 Å². The lowest BCUT2D eigenvalue weighted by Gasteiger charge is -2.18. The van der Waals surface area contributed by atoms with Crippen LogP contribution in [-0.4, -0.2) is 37.2 Å². The Balaban J connectivity index is 4.07. The molecule has 0 N–H and O–H groups in total. The van der Waals surface area contributed by atoms with Crippen LogP contribution in [0.4, 0.5) is 0 Å². The monoisotopic (exact) mass is 993 g/mol. The molecule has 1 unspecified atom stereocenters. The normalized spacial score (nSPS) is 12.4. The van der Waals surface area contributed by atoms with Crippen LogP contribution in [0, 0.1) is 0 Å². The Morgan fingerprint density at radius 3 is 0.845 bits per heavy atom. The van der Waals surface area contributed by atoms with Crippen molar-refractivity contribution in [3.63, 3.8) is 0 Å². The number of hydrogen-bond acceptors (Lipinski definition) is 6. The molecular weight excluding hydrogens is 877 g/mol. The summed E-state index contributed by atoms with van der Waals surface area (Å²) in [7, 11) is 0. The molecular formula is C65H116O6. The van der Waals surface area contributed by atoms with Crippen molar-refractivity contribution >= 4 is 17.9 Å². The fourth-order valence-electron chi connectivity index (χ4n) is 8.77. The first-order valence-corrected chi connectivity index (χ1v) is 30.8. The average molecular weight is 994 g/mol. The van der Waals surface area contributed by atoms with E-state index < -0.39 is 6.10 Å². The van der Waals surface area contributed by atoms with E-state index in [0.29, 0.717) is 19.3 Å². The zero-order valence-corrected chi connectivity index (χ0v) is 47.2. The predicted octanol–water partition coefficient (Wildman–Crippen LogP) is 20.8. The van der Waals surface area contributed by atoms with E-state index in [1.54, 1.807) is 0 Å². The second-order valence-corrected chi connectivity index (χ2v) is 20.6. The van der Waals surface area contributed by atoms with Gasteiger partial charge in [-0.1, -0.05) is 261 Å². The summed E-state index contributed by atoms with van der Waals surface area (Å²) in [4.78, 5) is 38.0. The summed E-state index contributed by atoms with van der Waals surface area (Å²) in [6, 6.07) is 0. The van der Waals surface area contributed by atoms with E-state index in [9.17, 15) is 14.4 Å². The van der Waals surface area contributed by atoms with Crippen molar-refractivity contribution in [1.29, 1.82) is 0 Å². The first-order chi connectivity index (χ1) is 35.0. The molecule has 0 saturated heterocycles. The topological polar surface area (TPSA) is 78.9 Å². The van der Waals surface area contributed by atoms with Crippen molar-refractivity contribution < 1.29 is 28.6 Å². The van der Waals surface area contributed by atoms with Crippen LogP contribution in [-0.2, 0) is 28.6 Å². The SMILES string of the molecule is CCCC/C=C\CCCCCCCC(=O)OCC(COC(=O)CCCCCCCCCCCCCCCCCC/C=C\C/C=C\C/C=C\CCCCCCC)OC(=O)CCCCCCC/C=C\CCCC. The number of rotatable bonds is 56. The molecule has 0 amide bonds. The smallest absolute Gasteiger partial charge is 0.306 e. The molecule has 0 aliphatic heterocycles. The minimum atomic E-state index is -0.779. The zero-order valence-electron chi connectivity index (χ0n) is 47.2. The summed E-state index contributed by atoms with van der Waals surface area (Å²) in [6.45, 7) is 6.56. The summed E-state index contributed by atoms with van der Waals surface area (Å²) in [5.41, 5.74) is 0. The molecule has 0 aliphatic rings. The molecule has 0 aromatic carbocycles. The quantitative estimate of drug-likeness (QED) is 0.0261. The molecule has 6 nitrogen and oxygen atoms in total. The van der Waals surface area contributed by atoms with Crippen molar-refractivity contribution in [3.8, 4) is 0 Å². The Morgan fingerprint density at radius 1 is 0.282 bits per heavy atom. The Labute approximate surface area is 440 Å². The third-order valence-corrected chi connectivity index (χ3v) is 13.5. The van der Waals surface area contributed by atoms with Crippen LogP contribution in [0.2, 0.25) is 0 Å². The highest BCUT2D eigenvalue weighted by molar-refractivity contribution is 5.71. The first-order valence-electron chi connectivity index (χ1n) is 30.8. The van der Waals surface area contributed by atoms with Crippen LogP contribution >= 0.6 is 0 Å². The van der Waals surface area contributed by atoms with Gasteiger partial charge >= 0.3 is 17.9 Å². The number of unbranched alkanes of at least 4 members (excludes halogenated alkanes) is 35. The molecule has 0 aliphatic carbocycles. The fourth-order valence-corrected chi connectivity index (χ4v) is 8.77. The largest absolute Gasteiger partial charge is 0.462 e. The molecule has 71 heavy (non-hydrogen) atoms. The van der Waals surface area contributed by atoms with Gasteiger partial charge in [0.15, 0.2) is 6.10 Å². The predicted molar refractivity (Wildman–Crippen MR) is 307 cm³/mol. The third-order valence-electron chi connectivity index (χ3n) is 13.5. The van der Waals surface area contributed by atoms with E-state index in [0.717, 1.165) is 89.9 Å². The lowest BCUT2D eigenvalue weighted by molar-refractivity contribution is -0.167. The van der Waals surface area contributed by atoms with Crippen molar-refractivity contribution in [3.05, 3.63) is 60.8 Å². The van der Waals surface area contributed by atoms with E-state index in [2.05, 4.69) is 81.5 Å². The van der Waals surface area contributed by atoms with Crippen LogP contribution < -0.4 is 0 Å². The van der Waals surface area contributed by atoms with Gasteiger partial charge in [0.05, 0.1) is 0 Å². The van der Waals surface area contributed by atoms with Crippen molar-refractivity contribution in [2.24, 2.45) is 0 Å². The second-order valence-electron chi connectivity index (χ2n) is 20.6. The Morgan fingerprint density at radius 2 is 0.521 bits per heavy atom. The standard InChI is InChI=1S/C65H116O6/c1-4-7-10-13-16-19-22-23-24-25-26-27-28-29-30-31-32-33-34-35-36-37-38-39-40-41-44-46-49-52-55-58-64(67)70-61-62(71-65(68)59-56-53-50-47-43-21-18-15-12-9-6-3)60-69-63(66)57-54-51-48-45-42-20-17-14-11-8-5-2/h14-15,17-18,22-23,25-26,28-29,62H,4-13,16,19-21,24,27,30-61H2,1-3H3/b17-14-,18-15-,23-22-,26-25-,29-28-. The van der Waals surface area contributed by atoms with Gasteiger partial charge in [0.25, 0.3) is 0 Å². The van der Waals surface area contributed by atoms with Crippen LogP contribution in [0.1, 0.15) is 316 Å². The summed E-state index contributed by atoms with van der Waals surface area (Å²) in [5.74, 6) is -0.888. The molecule has 0 heterocycles. The van der Waals surface area contributed by atoms with Gasteiger partial charge in [-0.05, 0) is 96.3 Å². The minimum Gasteiger partial charge on any atom is -0.462 e. The zero-order chi connectivity index (χ0) is 51.4. The lowest BCUT2D eigenvalue weighted by atomic mass is 10.0. The Hall–Kier alpha value is -2.89. The molecule has 0 aromatic rings. The van der Waals surface area contributed by atoms with Crippen LogP contribution in [0.15, 0.2) is 60.8 Å². The molecule has 0 rings (SSSR count). The van der Waals surface area contributed by atoms with Crippen molar-refractivity contribution in [2.75, 3.05) is 13.2 Å². The lowest BCUT2D eigenvalue weighted by Crippen LogP contribution is -2.30. The number of carbonyl (C=O) groups excluding carboxylic acids is 3. The van der Waals surface area contributed by atoms with Crippen LogP contribution in [0.5, 0.6) is 0 Å². The van der Waals surface area contributed by atoms with Gasteiger partial charge in [-0.2, -0.15) is 0 Å². The van der Waals surface area contributed by atoms with Crippen molar-refractivity contribution in [2.45, 2.75) is 322 Å². The molecule has 0 aromatic heterocycles. The first kappa shape index (κ1) is 68.1. The van der Waals surface area contributed by atoms with Gasteiger partial charge < -0.3 is 14.2 Å². The summed E-state index contributed by atoms with van der Waals surface area (Å²) >= 11 is 0. The van der Waals surface area contributed by atoms with Gasteiger partial charge in [0.1, 0.15) is 13.2 Å². The molecule has 6 heteroatoms. The minimum absolute atomic E-state index is 0.0780. The maximum Gasteiger partial charge on any atom is 0.306 e. The highest BCUT2D eigenvalue weighted by Gasteiger charge is 2.19. The van der Waals surface area contributed by atoms with Crippen LogP contribution in [0.25, 0.3) is 0 Å². The maximum absolute atomic E-state index is 12.8. The molecule has 1 atom stereocenters. The van der Waals surface area contributed by atoms with E-state index in [4.69, 9.17) is 14.2 Å². The van der Waals surface area contributed by atoms with Crippen LogP contribution in [0.3, 0.4) is 0 Å². The number of esters is 3. The van der Waals surface area contributed by atoms with E-state index in [1.807, 2.05) is 0 Å². The highest BCUT2D eigenvalue weighted by atomic mass is 16.6. The van der Waals surface area contributed by atoms with Gasteiger partial charge in [0, 0.05) is 19.3 Å². The molecule has 0 fully saturated rings. The summed E-state index contributed by atoms with van der Waals surface area (Å²) in [6.07, 6.45) is 75.3. The Kier molecular flexibility index (Phi) is 57.2. The van der Waals surface area contributed by atoms with E-state index in [-0.39, 0.29) is 31.1 Å². The molecule has 0 radical (unpaired) electrons. The summed E-state index contributed by atoms with van der Waals surface area (Å²) < 4.78 is 16.8. The molecule has 0 bridgehead atoms. The Bertz CT molecular complexity index is 1280. The highest BCUT2D eigenvalue weighted by Crippen LogP contribution is 2.16.